The molecule has 0 aromatic rings. The number of amides is 1. The van der Waals surface area contributed by atoms with Crippen molar-refractivity contribution in [2.45, 2.75) is 26.8 Å². The van der Waals surface area contributed by atoms with E-state index in [1.54, 1.807) is 6.92 Å². The topological polar surface area (TPSA) is 90.9 Å². The second kappa shape index (κ2) is 7.44. The normalized spacial score (nSPS) is 19.8. The summed E-state index contributed by atoms with van der Waals surface area (Å²) in [6.07, 6.45) is -0.886. The van der Waals surface area contributed by atoms with Crippen LogP contribution in [0.2, 0.25) is 0 Å². The van der Waals surface area contributed by atoms with Gasteiger partial charge in [-0.3, -0.25) is 4.79 Å². The molecule has 1 atom stereocenters. The zero-order valence-corrected chi connectivity index (χ0v) is 12.4. The molecular formula is C13H25N3O4. The number of nitrogens with one attached hydrogen (secondary N) is 2. The van der Waals surface area contributed by atoms with Crippen molar-refractivity contribution >= 4 is 12.1 Å². The Morgan fingerprint density at radius 3 is 2.80 bits per heavy atom. The molecule has 1 aliphatic rings. The summed E-state index contributed by atoms with van der Waals surface area (Å²) in [5.74, 6) is -0.226. The lowest BCUT2D eigenvalue weighted by atomic mass is 9.93. The number of hydrogen-bond donors (Lipinski definition) is 3. The summed E-state index contributed by atoms with van der Waals surface area (Å²) in [5, 5.41) is 15.4. The van der Waals surface area contributed by atoms with Gasteiger partial charge in [0.1, 0.15) is 0 Å². The molecule has 7 nitrogen and oxygen atoms in total. The Morgan fingerprint density at radius 1 is 1.50 bits per heavy atom. The quantitative estimate of drug-likeness (QED) is 0.601. The maximum absolute atomic E-state index is 11.7. The van der Waals surface area contributed by atoms with Crippen molar-refractivity contribution in [2.75, 3.05) is 39.3 Å². The zero-order chi connectivity index (χ0) is 15.2. The maximum Gasteiger partial charge on any atom is 0.407 e. The van der Waals surface area contributed by atoms with Crippen LogP contribution in [-0.4, -0.2) is 67.4 Å². The van der Waals surface area contributed by atoms with Crippen LogP contribution < -0.4 is 10.6 Å². The van der Waals surface area contributed by atoms with Gasteiger partial charge in [-0.2, -0.15) is 0 Å². The van der Waals surface area contributed by atoms with Gasteiger partial charge in [0.15, 0.2) is 0 Å². The number of carbonyl (C=O) groups is 2. The number of carboxylic acid groups (broad SMARTS) is 1. The SMILES string of the molecule is CCOC(=O)C(C)(C)CNC[C@@H]1CN(C(=O)O)CCN1. The molecule has 0 bridgehead atoms. The molecule has 1 saturated heterocycles. The summed E-state index contributed by atoms with van der Waals surface area (Å²) in [4.78, 5) is 24.0. The fourth-order valence-corrected chi connectivity index (χ4v) is 2.09. The lowest BCUT2D eigenvalue weighted by molar-refractivity contribution is -0.153. The Morgan fingerprint density at radius 2 is 2.20 bits per heavy atom. The molecule has 3 N–H and O–H groups in total. The number of hydrogen-bond acceptors (Lipinski definition) is 5. The van der Waals surface area contributed by atoms with Crippen LogP contribution in [0.25, 0.3) is 0 Å². The second-order valence-electron chi connectivity index (χ2n) is 5.61. The molecule has 0 aliphatic carbocycles. The molecule has 0 spiro atoms. The minimum Gasteiger partial charge on any atom is -0.466 e. The minimum absolute atomic E-state index is 0.0674. The predicted molar refractivity (Wildman–Crippen MR) is 74.7 cm³/mol. The van der Waals surface area contributed by atoms with Crippen LogP contribution in [0.15, 0.2) is 0 Å². The molecule has 7 heteroatoms. The molecular weight excluding hydrogens is 262 g/mol. The van der Waals surface area contributed by atoms with Gasteiger partial charge in [0.05, 0.1) is 12.0 Å². The molecule has 1 rings (SSSR count). The average molecular weight is 287 g/mol. The van der Waals surface area contributed by atoms with E-state index in [9.17, 15) is 9.59 Å². The van der Waals surface area contributed by atoms with Crippen LogP contribution in [0.4, 0.5) is 4.79 Å². The number of nitrogens with zero attached hydrogens (tertiary/aromatic N) is 1. The Hall–Kier alpha value is -1.34. The van der Waals surface area contributed by atoms with Crippen molar-refractivity contribution in [1.82, 2.24) is 15.5 Å². The number of carbonyl (C=O) groups excluding carboxylic acids is 1. The monoisotopic (exact) mass is 287 g/mol. The van der Waals surface area contributed by atoms with Crippen molar-refractivity contribution in [3.8, 4) is 0 Å². The third-order valence-electron chi connectivity index (χ3n) is 3.31. The van der Waals surface area contributed by atoms with Crippen molar-refractivity contribution in [1.29, 1.82) is 0 Å². The van der Waals surface area contributed by atoms with Gasteiger partial charge in [-0.05, 0) is 20.8 Å². The fourth-order valence-electron chi connectivity index (χ4n) is 2.09. The van der Waals surface area contributed by atoms with Gasteiger partial charge in [-0.1, -0.05) is 0 Å². The highest BCUT2D eigenvalue weighted by Crippen LogP contribution is 2.15. The summed E-state index contributed by atoms with van der Waals surface area (Å²) in [6.45, 7) is 8.56. The van der Waals surface area contributed by atoms with Crippen LogP contribution in [0.3, 0.4) is 0 Å². The van der Waals surface area contributed by atoms with Gasteiger partial charge in [-0.15, -0.1) is 0 Å². The highest BCUT2D eigenvalue weighted by atomic mass is 16.5. The first-order valence-electron chi connectivity index (χ1n) is 6.96. The van der Waals surface area contributed by atoms with Crippen LogP contribution in [0.1, 0.15) is 20.8 Å². The van der Waals surface area contributed by atoms with E-state index in [0.29, 0.717) is 39.3 Å². The fraction of sp³-hybridized carbons (Fsp3) is 0.846. The van der Waals surface area contributed by atoms with E-state index in [-0.39, 0.29) is 12.0 Å². The van der Waals surface area contributed by atoms with Crippen LogP contribution in [0, 0.1) is 5.41 Å². The molecule has 0 saturated carbocycles. The largest absolute Gasteiger partial charge is 0.466 e. The average Bonchev–Trinajstić information content (AvgIpc) is 2.39. The Bertz CT molecular complexity index is 347. The van der Waals surface area contributed by atoms with Crippen molar-refractivity contribution in [2.24, 2.45) is 5.41 Å². The van der Waals surface area contributed by atoms with E-state index in [1.807, 2.05) is 13.8 Å². The maximum atomic E-state index is 11.7. The Labute approximate surface area is 119 Å². The van der Waals surface area contributed by atoms with E-state index in [4.69, 9.17) is 9.84 Å². The lowest BCUT2D eigenvalue weighted by Gasteiger charge is -2.32. The Balaban J connectivity index is 2.33. The van der Waals surface area contributed by atoms with Gasteiger partial charge < -0.3 is 25.4 Å². The summed E-state index contributed by atoms with van der Waals surface area (Å²) >= 11 is 0. The van der Waals surface area contributed by atoms with E-state index >= 15 is 0 Å². The summed E-state index contributed by atoms with van der Waals surface area (Å²) in [6, 6.07) is 0.0674. The molecule has 20 heavy (non-hydrogen) atoms. The number of rotatable bonds is 6. The highest BCUT2D eigenvalue weighted by molar-refractivity contribution is 5.76. The standard InChI is InChI=1S/C13H25N3O4/c1-4-20-11(17)13(2,3)9-14-7-10-8-16(12(18)19)6-5-15-10/h10,14-15H,4-9H2,1-3H3,(H,18,19)/t10-/m1/s1. The molecule has 0 unspecified atom stereocenters. The number of piperazine rings is 1. The van der Waals surface area contributed by atoms with Crippen LogP contribution >= 0.6 is 0 Å². The first kappa shape index (κ1) is 16.7. The van der Waals surface area contributed by atoms with E-state index in [1.165, 1.54) is 4.90 Å². The van der Waals surface area contributed by atoms with Crippen molar-refractivity contribution in [3.05, 3.63) is 0 Å². The highest BCUT2D eigenvalue weighted by Gasteiger charge is 2.29. The molecule has 0 aromatic heterocycles. The molecule has 1 amide bonds. The smallest absolute Gasteiger partial charge is 0.407 e. The lowest BCUT2D eigenvalue weighted by Crippen LogP contribution is -2.56. The van der Waals surface area contributed by atoms with Crippen LogP contribution in [0.5, 0.6) is 0 Å². The van der Waals surface area contributed by atoms with Crippen LogP contribution in [-0.2, 0) is 9.53 Å². The number of ether oxygens (including phenoxy) is 1. The minimum atomic E-state index is -0.886. The van der Waals surface area contributed by atoms with Gasteiger partial charge >= 0.3 is 12.1 Å². The third kappa shape index (κ3) is 4.97. The zero-order valence-electron chi connectivity index (χ0n) is 12.4. The van der Waals surface area contributed by atoms with E-state index in [0.717, 1.165) is 0 Å². The molecule has 1 heterocycles. The molecule has 1 aliphatic heterocycles. The van der Waals surface area contributed by atoms with Gasteiger partial charge in [0.25, 0.3) is 0 Å². The molecule has 116 valence electrons. The van der Waals surface area contributed by atoms with Crippen molar-refractivity contribution < 1.29 is 19.4 Å². The van der Waals surface area contributed by atoms with Gasteiger partial charge in [-0.25, -0.2) is 4.79 Å². The molecule has 0 aromatic carbocycles. The Kier molecular flexibility index (Phi) is 6.22. The van der Waals surface area contributed by atoms with Gasteiger partial charge in [0.2, 0.25) is 0 Å². The predicted octanol–water partition coefficient (Wildman–Crippen LogP) is 0.117. The summed E-state index contributed by atoms with van der Waals surface area (Å²) in [5.41, 5.74) is -0.586. The van der Waals surface area contributed by atoms with Gasteiger partial charge in [0, 0.05) is 38.8 Å². The summed E-state index contributed by atoms with van der Waals surface area (Å²) in [7, 11) is 0. The van der Waals surface area contributed by atoms with E-state index in [2.05, 4.69) is 10.6 Å². The second-order valence-corrected chi connectivity index (χ2v) is 5.61. The van der Waals surface area contributed by atoms with Crippen molar-refractivity contribution in [3.63, 3.8) is 0 Å². The first-order valence-corrected chi connectivity index (χ1v) is 6.96. The molecule has 0 radical (unpaired) electrons. The third-order valence-corrected chi connectivity index (χ3v) is 3.31. The molecule has 1 fully saturated rings. The van der Waals surface area contributed by atoms with E-state index < -0.39 is 11.5 Å². The number of esters is 1. The first-order chi connectivity index (χ1) is 9.36. The summed E-state index contributed by atoms with van der Waals surface area (Å²) < 4.78 is 5.02.